The maximum Gasteiger partial charge on any atom is 0.328 e. The van der Waals surface area contributed by atoms with Crippen molar-refractivity contribution in [1.29, 1.82) is 0 Å². The molecule has 3 aromatic rings. The van der Waals surface area contributed by atoms with Crippen molar-refractivity contribution in [2.24, 2.45) is 5.73 Å². The summed E-state index contributed by atoms with van der Waals surface area (Å²) in [5, 5.41) is 26.7. The summed E-state index contributed by atoms with van der Waals surface area (Å²) < 4.78 is 5.14. The molecule has 30 heavy (non-hydrogen) atoms. The third-order valence-corrected chi connectivity index (χ3v) is 4.09. The Morgan fingerprint density at radius 1 is 1.23 bits per heavy atom. The summed E-state index contributed by atoms with van der Waals surface area (Å²) in [5.41, 5.74) is 6.66. The average molecular weight is 417 g/mol. The minimum atomic E-state index is -1.56. The van der Waals surface area contributed by atoms with Gasteiger partial charge in [-0.1, -0.05) is 17.3 Å². The normalized spacial score (nSPS) is 14.1. The number of nitrogens with two attached hydrogens (primary N) is 1. The number of imidazole rings is 1. The van der Waals surface area contributed by atoms with Gasteiger partial charge in [0.25, 0.3) is 0 Å². The Bertz CT molecular complexity index is 1040. The fourth-order valence-corrected chi connectivity index (χ4v) is 2.66. The number of carbonyl (C=O) groups excluding carboxylic acids is 2. The van der Waals surface area contributed by atoms with Crippen molar-refractivity contribution in [3.8, 4) is 11.6 Å². The second-order valence-electron chi connectivity index (χ2n) is 6.46. The van der Waals surface area contributed by atoms with Crippen LogP contribution >= 0.6 is 0 Å². The number of fused-ring (bicyclic) bond motifs is 1. The molecule has 1 aromatic carbocycles. The van der Waals surface area contributed by atoms with Crippen LogP contribution in [0.1, 0.15) is 25.3 Å². The van der Waals surface area contributed by atoms with Crippen LogP contribution in [0.4, 0.5) is 4.79 Å². The van der Waals surface area contributed by atoms with E-state index in [1.807, 2.05) is 18.2 Å². The average Bonchev–Trinajstić information content (AvgIpc) is 3.31. The van der Waals surface area contributed by atoms with Gasteiger partial charge in [-0.05, 0) is 19.1 Å². The zero-order valence-electron chi connectivity index (χ0n) is 15.7. The highest BCUT2D eigenvalue weighted by Crippen LogP contribution is 2.21. The number of rotatable bonds is 8. The zero-order valence-corrected chi connectivity index (χ0v) is 15.7. The Morgan fingerprint density at radius 3 is 2.60 bits per heavy atom. The molecular weight excluding hydrogens is 398 g/mol. The number of nitrogens with one attached hydrogen (secondary N) is 3. The Labute approximate surface area is 168 Å². The van der Waals surface area contributed by atoms with Gasteiger partial charge in [-0.15, -0.1) is 0 Å². The predicted octanol–water partition coefficient (Wildman–Crippen LogP) is -0.337. The van der Waals surface area contributed by atoms with Crippen molar-refractivity contribution < 1.29 is 29.1 Å². The number of para-hydroxylation sites is 2. The molecule has 2 aromatic heterocycles. The van der Waals surface area contributed by atoms with Crippen LogP contribution in [0.15, 0.2) is 28.8 Å². The van der Waals surface area contributed by atoms with Crippen LogP contribution in [0.25, 0.3) is 22.7 Å². The van der Waals surface area contributed by atoms with Gasteiger partial charge in [0.1, 0.15) is 6.04 Å². The van der Waals surface area contributed by atoms with E-state index in [0.29, 0.717) is 11.3 Å². The molecule has 13 nitrogen and oxygen atoms in total. The second-order valence-corrected chi connectivity index (χ2v) is 6.46. The van der Waals surface area contributed by atoms with Gasteiger partial charge in [0, 0.05) is 0 Å². The molecule has 3 amide bonds. The van der Waals surface area contributed by atoms with Crippen LogP contribution in [0.5, 0.6) is 0 Å². The van der Waals surface area contributed by atoms with Crippen LogP contribution in [-0.4, -0.2) is 60.4 Å². The molecule has 0 bridgehead atoms. The van der Waals surface area contributed by atoms with Crippen molar-refractivity contribution in [3.05, 3.63) is 30.2 Å². The summed E-state index contributed by atoms with van der Waals surface area (Å²) in [4.78, 5) is 46.2. The van der Waals surface area contributed by atoms with Crippen LogP contribution in [0, 0.1) is 0 Å². The van der Waals surface area contributed by atoms with Crippen molar-refractivity contribution >= 4 is 28.9 Å². The fourth-order valence-electron chi connectivity index (χ4n) is 2.66. The highest BCUT2D eigenvalue weighted by atomic mass is 16.5. The van der Waals surface area contributed by atoms with Gasteiger partial charge in [0.15, 0.2) is 11.9 Å². The van der Waals surface area contributed by atoms with E-state index in [1.165, 1.54) is 6.92 Å². The topological polar surface area (TPSA) is 209 Å². The van der Waals surface area contributed by atoms with E-state index in [1.54, 1.807) is 6.07 Å². The van der Waals surface area contributed by atoms with Crippen LogP contribution in [-0.2, 0) is 9.59 Å². The second kappa shape index (κ2) is 8.57. The zero-order chi connectivity index (χ0) is 21.8. The van der Waals surface area contributed by atoms with Crippen LogP contribution < -0.4 is 16.4 Å². The van der Waals surface area contributed by atoms with Crippen molar-refractivity contribution in [1.82, 2.24) is 30.7 Å². The molecular formula is C17H19N7O6. The molecule has 7 N–H and O–H groups in total. The summed E-state index contributed by atoms with van der Waals surface area (Å²) in [6.07, 6.45) is -1.74. The minimum absolute atomic E-state index is 0.0882. The number of aliphatic hydroxyl groups excluding tert-OH is 1. The number of nitrogens with zero attached hydrogens (tertiary/aromatic N) is 3. The highest BCUT2D eigenvalue weighted by molar-refractivity contribution is 5.84. The molecule has 0 aliphatic carbocycles. The summed E-state index contributed by atoms with van der Waals surface area (Å²) in [6, 6.07) is 3.59. The van der Waals surface area contributed by atoms with Gasteiger partial charge in [0.05, 0.1) is 23.6 Å². The largest absolute Gasteiger partial charge is 0.480 e. The first-order chi connectivity index (χ1) is 14.2. The molecule has 13 heteroatoms. The smallest absolute Gasteiger partial charge is 0.328 e. The van der Waals surface area contributed by atoms with Gasteiger partial charge in [0.2, 0.25) is 17.6 Å². The number of aliphatic carboxylic acids is 1. The van der Waals surface area contributed by atoms with E-state index in [2.05, 4.69) is 30.7 Å². The molecule has 0 aliphatic heterocycles. The van der Waals surface area contributed by atoms with E-state index in [9.17, 15) is 19.5 Å². The molecule has 0 aliphatic rings. The summed E-state index contributed by atoms with van der Waals surface area (Å²) in [6.45, 7) is 1.21. The van der Waals surface area contributed by atoms with Crippen molar-refractivity contribution in [3.63, 3.8) is 0 Å². The quantitative estimate of drug-likeness (QED) is 0.283. The first-order valence-electron chi connectivity index (χ1n) is 8.79. The number of aliphatic hydroxyl groups is 1. The summed E-state index contributed by atoms with van der Waals surface area (Å²) >= 11 is 0. The number of hydrogen-bond donors (Lipinski definition) is 6. The monoisotopic (exact) mass is 417 g/mol. The number of hydrogen-bond acceptors (Lipinski definition) is 8. The molecule has 0 radical (unpaired) electrons. The molecule has 158 valence electrons. The van der Waals surface area contributed by atoms with Gasteiger partial charge < -0.3 is 36.1 Å². The lowest BCUT2D eigenvalue weighted by molar-refractivity contribution is -0.141. The lowest BCUT2D eigenvalue weighted by Crippen LogP contribution is -2.52. The lowest BCUT2D eigenvalue weighted by Gasteiger charge is -2.19. The number of benzene rings is 1. The Morgan fingerprint density at radius 2 is 1.97 bits per heavy atom. The van der Waals surface area contributed by atoms with E-state index in [4.69, 9.17) is 15.4 Å². The molecule has 0 fully saturated rings. The molecule has 0 spiro atoms. The number of aromatic amines is 1. The van der Waals surface area contributed by atoms with Crippen molar-refractivity contribution in [2.75, 3.05) is 0 Å². The standard InChI is InChI=1S/C17H19N7O6/c1-7(25)12(16(27)28)22-17(29)21-10(6-11(18)26)15-23-14(24-30-15)13-19-8-4-2-3-5-9(8)20-13/h2-5,7,10,12,25H,6H2,1H3,(H2,18,26)(H,19,20)(H,27,28)(H2,21,22,29)/t7?,10-,12-/m0/s1. The first kappa shape index (κ1) is 20.7. The van der Waals surface area contributed by atoms with E-state index < -0.39 is 36.1 Å². The van der Waals surface area contributed by atoms with E-state index in [-0.39, 0.29) is 18.1 Å². The maximum atomic E-state index is 12.2. The molecule has 3 atom stereocenters. The molecule has 0 saturated heterocycles. The van der Waals surface area contributed by atoms with E-state index >= 15 is 0 Å². The molecule has 1 unspecified atom stereocenters. The number of carboxylic acids is 1. The SMILES string of the molecule is CC(O)[C@H](NC(=O)N[C@@H](CC(N)=O)c1nc(-c2nc3ccccc3[nH]2)no1)C(=O)O. The van der Waals surface area contributed by atoms with Gasteiger partial charge in [-0.25, -0.2) is 14.6 Å². The number of H-pyrrole nitrogens is 1. The van der Waals surface area contributed by atoms with Crippen LogP contribution in [0.2, 0.25) is 0 Å². The summed E-state index contributed by atoms with van der Waals surface area (Å²) in [5.74, 6) is -1.94. The number of primary amides is 1. The van der Waals surface area contributed by atoms with Gasteiger partial charge in [-0.2, -0.15) is 4.98 Å². The number of carboxylic acid groups (broad SMARTS) is 1. The summed E-state index contributed by atoms with van der Waals surface area (Å²) in [7, 11) is 0. The maximum absolute atomic E-state index is 12.2. The number of aromatic nitrogens is 4. The molecule has 0 saturated carbocycles. The predicted molar refractivity (Wildman–Crippen MR) is 101 cm³/mol. The number of urea groups is 1. The molecule has 2 heterocycles. The lowest BCUT2D eigenvalue weighted by atomic mass is 10.2. The Kier molecular flexibility index (Phi) is 5.92. The van der Waals surface area contributed by atoms with Gasteiger partial charge >= 0.3 is 12.0 Å². The molecule has 3 rings (SSSR count). The fraction of sp³-hybridized carbons (Fsp3) is 0.294. The number of amides is 3. The van der Waals surface area contributed by atoms with Crippen molar-refractivity contribution in [2.45, 2.75) is 31.5 Å². The Balaban J connectivity index is 1.79. The third-order valence-electron chi connectivity index (χ3n) is 4.09. The van der Waals surface area contributed by atoms with Gasteiger partial charge in [-0.3, -0.25) is 4.79 Å². The Hall–Kier alpha value is -4.00. The highest BCUT2D eigenvalue weighted by Gasteiger charge is 2.29. The number of carbonyl (C=O) groups is 3. The first-order valence-corrected chi connectivity index (χ1v) is 8.79. The third kappa shape index (κ3) is 4.70. The minimum Gasteiger partial charge on any atom is -0.480 e. The van der Waals surface area contributed by atoms with E-state index in [0.717, 1.165) is 5.52 Å². The van der Waals surface area contributed by atoms with Crippen LogP contribution in [0.3, 0.4) is 0 Å².